The molecular weight excluding hydrogens is 398 g/mol. The van der Waals surface area contributed by atoms with Crippen molar-refractivity contribution >= 4 is 29.7 Å². The number of likely N-dealkylation sites (tertiary alicyclic amines) is 1. The van der Waals surface area contributed by atoms with E-state index in [-0.39, 0.29) is 25.5 Å². The minimum Gasteiger partial charge on any atom is -0.480 e. The van der Waals surface area contributed by atoms with Gasteiger partial charge in [0.05, 0.1) is 6.61 Å². The van der Waals surface area contributed by atoms with Gasteiger partial charge in [-0.2, -0.15) is 0 Å². The number of hydrogen-bond acceptors (Lipinski definition) is 7. The van der Waals surface area contributed by atoms with Crippen molar-refractivity contribution in [2.45, 2.75) is 56.8 Å². The second kappa shape index (κ2) is 11.9. The van der Waals surface area contributed by atoms with E-state index in [2.05, 4.69) is 15.6 Å². The number of aliphatic hydroxyl groups is 1. The fourth-order valence-electron chi connectivity index (χ4n) is 3.01. The van der Waals surface area contributed by atoms with Gasteiger partial charge in [0.1, 0.15) is 24.2 Å². The van der Waals surface area contributed by atoms with Crippen molar-refractivity contribution in [3.05, 3.63) is 0 Å². The first kappa shape index (κ1) is 25.1. The number of nitrogens with zero attached hydrogens (tertiary/aromatic N) is 2. The highest BCUT2D eigenvalue weighted by atomic mass is 16.4. The van der Waals surface area contributed by atoms with E-state index in [4.69, 9.17) is 22.3 Å². The maximum atomic E-state index is 12.9. The van der Waals surface area contributed by atoms with Gasteiger partial charge in [-0.05, 0) is 32.6 Å². The number of aliphatic hydroxyl groups excluding tert-OH is 1. The minimum atomic E-state index is -1.18. The van der Waals surface area contributed by atoms with Gasteiger partial charge in [-0.25, -0.2) is 4.79 Å². The highest BCUT2D eigenvalue weighted by Crippen LogP contribution is 2.19. The number of rotatable bonds is 11. The van der Waals surface area contributed by atoms with E-state index in [9.17, 15) is 24.3 Å². The standard InChI is InChI=1S/C17H31N7O6/c1-9(22-14(27)10(18)8-25)13(26)23-11(4-2-6-21-17(19)20)15(28)24-7-3-5-12(24)16(29)30/h9-12,25H,2-8,18H2,1H3,(H,22,27)(H,23,26)(H,29,30)(H4,19,20,21). The van der Waals surface area contributed by atoms with E-state index in [0.717, 1.165) is 0 Å². The lowest BCUT2D eigenvalue weighted by atomic mass is 10.1. The summed E-state index contributed by atoms with van der Waals surface area (Å²) in [5, 5.41) is 23.1. The summed E-state index contributed by atoms with van der Waals surface area (Å²) in [4.78, 5) is 53.7. The Hall–Kier alpha value is -2.93. The molecule has 0 saturated carbocycles. The summed E-state index contributed by atoms with van der Waals surface area (Å²) in [6.07, 6.45) is 1.40. The van der Waals surface area contributed by atoms with Crippen molar-refractivity contribution in [3.8, 4) is 0 Å². The fourth-order valence-corrected chi connectivity index (χ4v) is 3.01. The van der Waals surface area contributed by atoms with Gasteiger partial charge in [0.15, 0.2) is 5.96 Å². The predicted octanol–water partition coefficient (Wildman–Crippen LogP) is -3.58. The first-order chi connectivity index (χ1) is 14.1. The largest absolute Gasteiger partial charge is 0.480 e. The van der Waals surface area contributed by atoms with Gasteiger partial charge >= 0.3 is 5.97 Å². The number of carboxylic acids is 1. The van der Waals surface area contributed by atoms with E-state index in [0.29, 0.717) is 19.3 Å². The summed E-state index contributed by atoms with van der Waals surface area (Å²) in [5.74, 6) is -3.11. The lowest BCUT2D eigenvalue weighted by Gasteiger charge is -2.28. The quantitative estimate of drug-likeness (QED) is 0.0977. The summed E-state index contributed by atoms with van der Waals surface area (Å²) in [5.41, 5.74) is 15.9. The SMILES string of the molecule is CC(NC(=O)C(N)CO)C(=O)NC(CCCN=C(N)N)C(=O)N1CCCC1C(=O)O. The van der Waals surface area contributed by atoms with Gasteiger partial charge in [-0.1, -0.05) is 0 Å². The highest BCUT2D eigenvalue weighted by Gasteiger charge is 2.37. The van der Waals surface area contributed by atoms with Crippen molar-refractivity contribution in [1.82, 2.24) is 15.5 Å². The molecule has 0 aromatic rings. The van der Waals surface area contributed by atoms with E-state index in [1.165, 1.54) is 11.8 Å². The molecule has 13 heteroatoms. The second-order valence-electron chi connectivity index (χ2n) is 7.06. The topological polar surface area (TPSA) is 226 Å². The molecule has 10 N–H and O–H groups in total. The highest BCUT2D eigenvalue weighted by molar-refractivity contribution is 5.94. The Kier molecular flexibility index (Phi) is 9.98. The summed E-state index contributed by atoms with van der Waals surface area (Å²) >= 11 is 0. The number of carboxylic acid groups (broad SMARTS) is 1. The van der Waals surface area contributed by atoms with Crippen LogP contribution in [0.25, 0.3) is 0 Å². The zero-order valence-electron chi connectivity index (χ0n) is 16.9. The van der Waals surface area contributed by atoms with Gasteiger partial charge in [0, 0.05) is 13.1 Å². The maximum absolute atomic E-state index is 12.9. The number of aliphatic carboxylic acids is 1. The Morgan fingerprint density at radius 2 is 1.87 bits per heavy atom. The Morgan fingerprint density at radius 3 is 2.43 bits per heavy atom. The van der Waals surface area contributed by atoms with Gasteiger partial charge in [0.2, 0.25) is 17.7 Å². The van der Waals surface area contributed by atoms with Crippen LogP contribution in [0.15, 0.2) is 4.99 Å². The number of nitrogens with one attached hydrogen (secondary N) is 2. The van der Waals surface area contributed by atoms with Crippen molar-refractivity contribution in [2.75, 3.05) is 19.7 Å². The molecule has 4 atom stereocenters. The molecule has 1 fully saturated rings. The molecule has 0 bridgehead atoms. The first-order valence-electron chi connectivity index (χ1n) is 9.64. The van der Waals surface area contributed by atoms with Crippen LogP contribution in [0, 0.1) is 0 Å². The molecule has 0 radical (unpaired) electrons. The summed E-state index contributed by atoms with van der Waals surface area (Å²) in [6.45, 7) is 1.31. The molecule has 0 aromatic carbocycles. The molecule has 1 saturated heterocycles. The Morgan fingerprint density at radius 1 is 1.20 bits per heavy atom. The number of hydrogen-bond donors (Lipinski definition) is 7. The molecule has 30 heavy (non-hydrogen) atoms. The molecule has 170 valence electrons. The molecular formula is C17H31N7O6. The summed E-state index contributed by atoms with van der Waals surface area (Å²) in [7, 11) is 0. The van der Waals surface area contributed by atoms with Crippen molar-refractivity contribution in [1.29, 1.82) is 0 Å². The third-order valence-electron chi connectivity index (χ3n) is 4.67. The molecule has 1 aliphatic rings. The number of guanidine groups is 1. The van der Waals surface area contributed by atoms with Crippen LogP contribution < -0.4 is 27.8 Å². The van der Waals surface area contributed by atoms with Crippen LogP contribution in [0.4, 0.5) is 0 Å². The van der Waals surface area contributed by atoms with Crippen molar-refractivity contribution in [2.24, 2.45) is 22.2 Å². The molecule has 0 aliphatic carbocycles. The molecule has 1 rings (SSSR count). The zero-order chi connectivity index (χ0) is 22.8. The van der Waals surface area contributed by atoms with Gasteiger partial charge in [0.25, 0.3) is 0 Å². The molecule has 1 heterocycles. The van der Waals surface area contributed by atoms with Crippen LogP contribution in [-0.4, -0.2) is 88.6 Å². The monoisotopic (exact) mass is 429 g/mol. The van der Waals surface area contributed by atoms with Crippen molar-refractivity contribution in [3.63, 3.8) is 0 Å². The average molecular weight is 429 g/mol. The normalized spacial score (nSPS) is 18.8. The number of nitrogens with two attached hydrogens (primary N) is 3. The zero-order valence-corrected chi connectivity index (χ0v) is 16.9. The molecule has 13 nitrogen and oxygen atoms in total. The van der Waals surface area contributed by atoms with E-state index >= 15 is 0 Å². The number of aliphatic imine (C=N–C) groups is 1. The van der Waals surface area contributed by atoms with Crippen LogP contribution in [0.1, 0.15) is 32.6 Å². The lowest BCUT2D eigenvalue weighted by Crippen LogP contribution is -2.56. The fraction of sp³-hybridized carbons (Fsp3) is 0.706. The van der Waals surface area contributed by atoms with E-state index in [1.54, 1.807) is 0 Å². The second-order valence-corrected chi connectivity index (χ2v) is 7.06. The van der Waals surface area contributed by atoms with Crippen LogP contribution in [0.3, 0.4) is 0 Å². The molecule has 0 aromatic heterocycles. The van der Waals surface area contributed by atoms with Gasteiger partial charge < -0.3 is 42.9 Å². The molecule has 4 unspecified atom stereocenters. The Balaban J connectivity index is 2.85. The first-order valence-corrected chi connectivity index (χ1v) is 9.64. The van der Waals surface area contributed by atoms with Crippen molar-refractivity contribution < 1.29 is 29.4 Å². The average Bonchev–Trinajstić information content (AvgIpc) is 3.18. The summed E-state index contributed by atoms with van der Waals surface area (Å²) in [6, 6.07) is -4.18. The lowest BCUT2D eigenvalue weighted by molar-refractivity contribution is -0.149. The van der Waals surface area contributed by atoms with Crippen LogP contribution in [0.2, 0.25) is 0 Å². The van der Waals surface area contributed by atoms with E-state index in [1.807, 2.05) is 0 Å². The maximum Gasteiger partial charge on any atom is 0.326 e. The third-order valence-corrected chi connectivity index (χ3v) is 4.67. The summed E-state index contributed by atoms with van der Waals surface area (Å²) < 4.78 is 0. The number of carbonyl (C=O) groups excluding carboxylic acids is 3. The van der Waals surface area contributed by atoms with Crippen LogP contribution in [0.5, 0.6) is 0 Å². The Labute approximate surface area is 174 Å². The van der Waals surface area contributed by atoms with Gasteiger partial charge in [-0.15, -0.1) is 0 Å². The van der Waals surface area contributed by atoms with Crippen LogP contribution >= 0.6 is 0 Å². The smallest absolute Gasteiger partial charge is 0.326 e. The number of amides is 3. The molecule has 1 aliphatic heterocycles. The van der Waals surface area contributed by atoms with Gasteiger partial charge in [-0.3, -0.25) is 19.4 Å². The molecule has 0 spiro atoms. The third kappa shape index (κ3) is 7.48. The van der Waals surface area contributed by atoms with Crippen LogP contribution in [-0.2, 0) is 19.2 Å². The minimum absolute atomic E-state index is 0.107. The predicted molar refractivity (Wildman–Crippen MR) is 107 cm³/mol. The molecule has 3 amide bonds. The van der Waals surface area contributed by atoms with E-state index < -0.39 is 54.5 Å². The number of carbonyl (C=O) groups is 4. The Bertz CT molecular complexity index is 667.